The van der Waals surface area contributed by atoms with Crippen LogP contribution in [-0.4, -0.2) is 16.1 Å². The predicted octanol–water partition coefficient (Wildman–Crippen LogP) is 5.65. The zero-order valence-corrected chi connectivity index (χ0v) is 17.7. The summed E-state index contributed by atoms with van der Waals surface area (Å²) in [6.07, 6.45) is 0. The van der Waals surface area contributed by atoms with Crippen molar-refractivity contribution in [2.45, 2.75) is 17.0 Å². The maximum Gasteiger partial charge on any atom is 0.258 e. The maximum absolute atomic E-state index is 12.4. The maximum atomic E-state index is 12.4. The van der Waals surface area contributed by atoms with Crippen molar-refractivity contribution in [2.75, 3.05) is 5.32 Å². The fourth-order valence-corrected chi connectivity index (χ4v) is 4.88. The third kappa shape index (κ3) is 5.16. The van der Waals surface area contributed by atoms with Crippen LogP contribution < -0.4 is 5.32 Å². The second-order valence-electron chi connectivity index (χ2n) is 5.23. The number of aryl methyl sites for hydroxylation is 1. The van der Waals surface area contributed by atoms with E-state index >= 15 is 0 Å². The number of halogens is 2. The quantitative estimate of drug-likeness (QED) is 0.279. The number of nitrogens with zero attached hydrogens (tertiary/aromatic N) is 2. The van der Waals surface area contributed by atoms with E-state index < -0.39 is 0 Å². The summed E-state index contributed by atoms with van der Waals surface area (Å²) >= 11 is 11.1. The molecule has 1 N–H and O–H groups in total. The molecule has 128 valence electrons. The van der Waals surface area contributed by atoms with Crippen molar-refractivity contribution in [2.24, 2.45) is 0 Å². The van der Waals surface area contributed by atoms with Gasteiger partial charge in [0.05, 0.1) is 5.56 Å². The minimum Gasteiger partial charge on any atom is -0.296 e. The Balaban J connectivity index is 1.62. The molecule has 3 aromatic rings. The van der Waals surface area contributed by atoms with Crippen LogP contribution in [-0.2, 0) is 5.75 Å². The summed E-state index contributed by atoms with van der Waals surface area (Å²) in [6, 6.07) is 13.4. The Labute approximate surface area is 172 Å². The van der Waals surface area contributed by atoms with Crippen molar-refractivity contribution in [3.63, 3.8) is 0 Å². The lowest BCUT2D eigenvalue weighted by atomic mass is 10.1. The second kappa shape index (κ2) is 8.48. The molecule has 0 saturated heterocycles. The molecule has 25 heavy (non-hydrogen) atoms. The van der Waals surface area contributed by atoms with E-state index in [0.717, 1.165) is 29.8 Å². The normalized spacial score (nSPS) is 10.7. The van der Waals surface area contributed by atoms with E-state index in [2.05, 4.69) is 38.1 Å². The van der Waals surface area contributed by atoms with Crippen molar-refractivity contribution in [3.05, 3.63) is 67.7 Å². The van der Waals surface area contributed by atoms with Crippen molar-refractivity contribution in [1.29, 1.82) is 0 Å². The van der Waals surface area contributed by atoms with Crippen LogP contribution >= 0.6 is 57.3 Å². The average Bonchev–Trinajstić information content (AvgIpc) is 3.00. The molecule has 8 heteroatoms. The Morgan fingerprint density at radius 3 is 2.88 bits per heavy atom. The largest absolute Gasteiger partial charge is 0.296 e. The number of carbonyl (C=O) groups excluding carboxylic acids is 1. The Bertz CT molecular complexity index is 916. The Morgan fingerprint density at radius 2 is 2.12 bits per heavy atom. The van der Waals surface area contributed by atoms with Gasteiger partial charge in [-0.15, -0.1) is 10.2 Å². The molecule has 0 spiro atoms. The topological polar surface area (TPSA) is 54.9 Å². The molecule has 0 unspecified atom stereocenters. The van der Waals surface area contributed by atoms with Crippen LogP contribution in [0, 0.1) is 10.5 Å². The van der Waals surface area contributed by atoms with Gasteiger partial charge in [-0.3, -0.25) is 10.1 Å². The van der Waals surface area contributed by atoms with Gasteiger partial charge in [0.1, 0.15) is 0 Å². The van der Waals surface area contributed by atoms with Gasteiger partial charge >= 0.3 is 0 Å². The molecule has 4 nitrogen and oxygen atoms in total. The van der Waals surface area contributed by atoms with Crippen molar-refractivity contribution >= 4 is 68.3 Å². The van der Waals surface area contributed by atoms with Crippen molar-refractivity contribution in [3.8, 4) is 0 Å². The van der Waals surface area contributed by atoms with Gasteiger partial charge < -0.3 is 0 Å². The monoisotopic (exact) mass is 501 g/mol. The Kier molecular flexibility index (Phi) is 6.32. The molecule has 3 rings (SSSR count). The zero-order valence-electron chi connectivity index (χ0n) is 13.1. The van der Waals surface area contributed by atoms with Gasteiger partial charge in [0.15, 0.2) is 4.34 Å². The summed E-state index contributed by atoms with van der Waals surface area (Å²) in [5.74, 6) is 0.575. The third-order valence-corrected chi connectivity index (χ3v) is 6.42. The molecular weight excluding hydrogens is 489 g/mol. The first-order valence-corrected chi connectivity index (χ1v) is 10.6. The number of anilines is 1. The minimum atomic E-state index is -0.174. The van der Waals surface area contributed by atoms with Crippen molar-refractivity contribution in [1.82, 2.24) is 10.2 Å². The molecule has 0 radical (unpaired) electrons. The van der Waals surface area contributed by atoms with Crippen LogP contribution in [0.2, 0.25) is 5.02 Å². The van der Waals surface area contributed by atoms with Gasteiger partial charge in [-0.25, -0.2) is 0 Å². The first-order chi connectivity index (χ1) is 12.0. The minimum absolute atomic E-state index is 0.174. The van der Waals surface area contributed by atoms with Crippen molar-refractivity contribution < 1.29 is 4.79 Å². The molecule has 1 aromatic heterocycles. The lowest BCUT2D eigenvalue weighted by Crippen LogP contribution is -2.13. The van der Waals surface area contributed by atoms with Crippen LogP contribution in [0.4, 0.5) is 5.13 Å². The molecule has 2 aromatic carbocycles. The van der Waals surface area contributed by atoms with E-state index in [1.165, 1.54) is 11.3 Å². The molecule has 0 bridgehead atoms. The number of hydrogen-bond acceptors (Lipinski definition) is 5. The van der Waals surface area contributed by atoms with Crippen LogP contribution in [0.15, 0.2) is 46.8 Å². The number of carbonyl (C=O) groups is 1. The summed E-state index contributed by atoms with van der Waals surface area (Å²) in [7, 11) is 0. The molecule has 0 fully saturated rings. The highest BCUT2D eigenvalue weighted by molar-refractivity contribution is 14.1. The van der Waals surface area contributed by atoms with E-state index in [0.29, 0.717) is 10.7 Å². The molecule has 0 atom stereocenters. The van der Waals surface area contributed by atoms with Gasteiger partial charge in [0.2, 0.25) is 5.13 Å². The number of rotatable bonds is 5. The lowest BCUT2D eigenvalue weighted by molar-refractivity contribution is 0.102. The van der Waals surface area contributed by atoms with Gasteiger partial charge in [-0.1, -0.05) is 58.5 Å². The fourth-order valence-electron chi connectivity index (χ4n) is 2.06. The van der Waals surface area contributed by atoms with Gasteiger partial charge in [0.25, 0.3) is 5.91 Å². The number of hydrogen-bond donors (Lipinski definition) is 1. The molecule has 0 saturated carbocycles. The third-order valence-electron chi connectivity index (χ3n) is 3.25. The summed E-state index contributed by atoms with van der Waals surface area (Å²) in [4.78, 5) is 12.4. The fraction of sp³-hybridized carbons (Fsp3) is 0.118. The van der Waals surface area contributed by atoms with E-state index in [4.69, 9.17) is 11.6 Å². The van der Waals surface area contributed by atoms with E-state index in [9.17, 15) is 4.79 Å². The Morgan fingerprint density at radius 1 is 1.28 bits per heavy atom. The number of nitrogens with one attached hydrogen (secondary N) is 1. The predicted molar refractivity (Wildman–Crippen MR) is 113 cm³/mol. The van der Waals surface area contributed by atoms with Crippen LogP contribution in [0.5, 0.6) is 0 Å². The lowest BCUT2D eigenvalue weighted by Gasteiger charge is -2.04. The number of thioether (sulfide) groups is 1. The summed E-state index contributed by atoms with van der Waals surface area (Å²) in [5.41, 5.74) is 2.87. The highest BCUT2D eigenvalue weighted by atomic mass is 127. The zero-order chi connectivity index (χ0) is 17.8. The molecule has 0 aliphatic rings. The first-order valence-electron chi connectivity index (χ1n) is 7.29. The van der Waals surface area contributed by atoms with Gasteiger partial charge in [-0.2, -0.15) is 0 Å². The summed E-state index contributed by atoms with van der Waals surface area (Å²) < 4.78 is 1.71. The van der Waals surface area contributed by atoms with E-state index in [-0.39, 0.29) is 5.91 Å². The number of benzene rings is 2. The molecule has 0 aliphatic heterocycles. The van der Waals surface area contributed by atoms with E-state index in [1.807, 2.05) is 49.4 Å². The number of amides is 1. The van der Waals surface area contributed by atoms with Crippen LogP contribution in [0.25, 0.3) is 0 Å². The number of aromatic nitrogens is 2. The highest BCUT2D eigenvalue weighted by Crippen LogP contribution is 2.29. The molecule has 0 aliphatic carbocycles. The van der Waals surface area contributed by atoms with Crippen LogP contribution in [0.1, 0.15) is 21.5 Å². The Hall–Kier alpha value is -1.16. The standard InChI is InChI=1S/C17H13ClIN3OS2/c1-10-5-6-13(14(19)7-10)15(23)20-16-21-22-17(25-16)24-9-11-3-2-4-12(18)8-11/h2-8H,9H2,1H3,(H,20,21,23). The van der Waals surface area contributed by atoms with Crippen LogP contribution in [0.3, 0.4) is 0 Å². The first kappa shape index (κ1) is 18.6. The SMILES string of the molecule is Cc1ccc(C(=O)Nc2nnc(SCc3cccc(Cl)c3)s2)c(I)c1. The second-order valence-corrected chi connectivity index (χ2v) is 9.03. The summed E-state index contributed by atoms with van der Waals surface area (Å²) in [5, 5.41) is 12.2. The summed E-state index contributed by atoms with van der Waals surface area (Å²) in [6.45, 7) is 2.00. The smallest absolute Gasteiger partial charge is 0.258 e. The average molecular weight is 502 g/mol. The molecule has 1 heterocycles. The highest BCUT2D eigenvalue weighted by Gasteiger charge is 2.13. The van der Waals surface area contributed by atoms with E-state index in [1.54, 1.807) is 11.8 Å². The van der Waals surface area contributed by atoms with Gasteiger partial charge in [0, 0.05) is 14.3 Å². The van der Waals surface area contributed by atoms with Gasteiger partial charge in [-0.05, 0) is 59.3 Å². The molecular formula is C17H13ClIN3OS2. The molecule has 1 amide bonds.